The van der Waals surface area contributed by atoms with Crippen LogP contribution in [0.1, 0.15) is 39.7 Å². The molecule has 0 radical (unpaired) electrons. The van der Waals surface area contributed by atoms with Crippen LogP contribution >= 0.6 is 43.1 Å². The number of rotatable bonds is 15. The predicted molar refractivity (Wildman–Crippen MR) is 224 cm³/mol. The van der Waals surface area contributed by atoms with Gasteiger partial charge in [0, 0.05) is 27.8 Å². The molecule has 0 spiro atoms. The summed E-state index contributed by atoms with van der Waals surface area (Å²) in [6, 6.07) is 37.5. The van der Waals surface area contributed by atoms with Crippen LogP contribution in [0.2, 0.25) is 15.1 Å². The van der Waals surface area contributed by atoms with Crippen LogP contribution in [0.3, 0.4) is 0 Å². The van der Waals surface area contributed by atoms with E-state index in [1.807, 2.05) is 78.9 Å². The lowest BCUT2D eigenvalue weighted by Gasteiger charge is -2.37. The highest BCUT2D eigenvalue weighted by molar-refractivity contribution is 7.33. The quantitative estimate of drug-likeness (QED) is 0.0785. The van der Waals surface area contributed by atoms with E-state index in [2.05, 4.69) is 10.3 Å². The molecule has 1 N–H and O–H groups in total. The third kappa shape index (κ3) is 9.45. The van der Waals surface area contributed by atoms with Crippen molar-refractivity contribution >= 4 is 54.8 Å². The molecule has 7 rings (SSSR count). The number of halogens is 3. The Morgan fingerprint density at radius 3 is 1.95 bits per heavy atom. The molecule has 59 heavy (non-hydrogen) atoms. The molecule has 5 aromatic carbocycles. The van der Waals surface area contributed by atoms with Gasteiger partial charge in [-0.2, -0.15) is 4.98 Å². The first kappa shape index (κ1) is 41.8. The fraction of sp³-hybridized carbons (Fsp3) is 0.186. The summed E-state index contributed by atoms with van der Waals surface area (Å²) in [6.45, 7) is -0.146. The minimum atomic E-state index is -2.93. The lowest BCUT2D eigenvalue weighted by molar-refractivity contribution is -0.0916. The number of hydrogen-bond donors (Lipinski definition) is 1. The van der Waals surface area contributed by atoms with Crippen molar-refractivity contribution in [1.82, 2.24) is 9.55 Å². The molecule has 4 atom stereocenters. The Labute approximate surface area is 355 Å². The lowest BCUT2D eigenvalue weighted by Crippen LogP contribution is -2.38. The number of carbonyl (C=O) groups excluding carboxylic acids is 1. The van der Waals surface area contributed by atoms with Gasteiger partial charge in [0.05, 0.1) is 30.9 Å². The monoisotopic (exact) mass is 874 g/mol. The molecule has 2 heterocycles. The molecule has 1 aliphatic rings. The van der Waals surface area contributed by atoms with E-state index in [-0.39, 0.29) is 39.7 Å². The van der Waals surface area contributed by atoms with Crippen molar-refractivity contribution in [1.29, 1.82) is 0 Å². The molecule has 1 saturated heterocycles. The number of amides is 1. The van der Waals surface area contributed by atoms with Crippen molar-refractivity contribution in [3.8, 4) is 17.2 Å². The Kier molecular flexibility index (Phi) is 13.3. The van der Waals surface area contributed by atoms with E-state index in [1.54, 1.807) is 44.6 Å². The summed E-state index contributed by atoms with van der Waals surface area (Å²) < 4.78 is 51.0. The van der Waals surface area contributed by atoms with Gasteiger partial charge in [0.15, 0.2) is 0 Å². The molecular weight excluding hydrogens is 840 g/mol. The average molecular weight is 876 g/mol. The Bertz CT molecular complexity index is 2410. The number of hydrogen-bond acceptors (Lipinski definition) is 10. The fourth-order valence-corrected chi connectivity index (χ4v) is 8.55. The number of nitrogens with one attached hydrogen (secondary N) is 1. The first-order chi connectivity index (χ1) is 28.6. The highest BCUT2D eigenvalue weighted by atomic mass is 35.5. The maximum Gasteiger partial charge on any atom is 0.750 e. The van der Waals surface area contributed by atoms with Gasteiger partial charge in [-0.1, -0.05) is 108 Å². The van der Waals surface area contributed by atoms with E-state index in [1.165, 1.54) is 29.0 Å². The second-order valence-corrected chi connectivity index (χ2v) is 15.3. The van der Waals surface area contributed by atoms with Crippen molar-refractivity contribution in [2.75, 3.05) is 26.1 Å². The molecule has 0 saturated carbocycles. The number of carbonyl (C=O) groups is 1. The van der Waals surface area contributed by atoms with Crippen molar-refractivity contribution in [3.05, 3.63) is 181 Å². The zero-order valence-corrected chi connectivity index (χ0v) is 34.7. The molecule has 1 aromatic heterocycles. The van der Waals surface area contributed by atoms with Crippen molar-refractivity contribution < 1.29 is 37.4 Å². The van der Waals surface area contributed by atoms with Crippen LogP contribution < -0.4 is 25.0 Å². The van der Waals surface area contributed by atoms with Crippen LogP contribution in [0.15, 0.2) is 138 Å². The predicted octanol–water partition coefficient (Wildman–Crippen LogP) is 9.89. The molecule has 16 heteroatoms. The summed E-state index contributed by atoms with van der Waals surface area (Å²) in [6.07, 6.45) is -1.41. The third-order valence-corrected chi connectivity index (χ3v) is 11.1. The van der Waals surface area contributed by atoms with Gasteiger partial charge >= 0.3 is 13.9 Å². The standard InChI is InChI=1S/C43H35Cl3N3O9P/c1-53-32-17-13-29(14-18-32)43(28-11-7-4-8-12-28,30-15-19-33(54-2)20-16-30)55-26-37-36(57-59(52)58-40-34(45)23-31(44)24-35(40)46)25-39(56-37)49-22-21-38(48-42(49)51)47-41(50)27-9-5-3-6-10-27/h3-24,36-37,39H,25-26H2,1-2H3/p+1/t36-,37+,39+/m0/s1. The number of benzene rings is 5. The number of aromatic nitrogens is 2. The van der Waals surface area contributed by atoms with Gasteiger partial charge in [0.1, 0.15) is 41.4 Å². The minimum Gasteiger partial charge on any atom is -0.497 e. The molecule has 6 aromatic rings. The van der Waals surface area contributed by atoms with Crippen LogP contribution in [-0.4, -0.2) is 48.5 Å². The average Bonchev–Trinajstić information content (AvgIpc) is 3.65. The minimum absolute atomic E-state index is 0.0151. The van der Waals surface area contributed by atoms with E-state index >= 15 is 0 Å². The van der Waals surface area contributed by atoms with E-state index in [4.69, 9.17) is 62.8 Å². The third-order valence-electron chi connectivity index (χ3n) is 9.59. The zero-order valence-electron chi connectivity index (χ0n) is 31.5. The summed E-state index contributed by atoms with van der Waals surface area (Å²) in [5, 5.41) is 2.95. The lowest BCUT2D eigenvalue weighted by atomic mass is 9.80. The molecule has 12 nitrogen and oxygen atoms in total. The van der Waals surface area contributed by atoms with Crippen molar-refractivity contribution in [3.63, 3.8) is 0 Å². The normalized spacial score (nSPS) is 16.6. The summed E-state index contributed by atoms with van der Waals surface area (Å²) in [5.74, 6) is 0.826. The topological polar surface area (TPSA) is 136 Å². The van der Waals surface area contributed by atoms with Crippen LogP contribution in [0.5, 0.6) is 17.2 Å². The van der Waals surface area contributed by atoms with Gasteiger partial charge in [-0.25, -0.2) is 9.32 Å². The first-order valence-corrected chi connectivity index (χ1v) is 20.4. The summed E-state index contributed by atoms with van der Waals surface area (Å²) in [4.78, 5) is 30.4. The van der Waals surface area contributed by atoms with E-state index in [0.29, 0.717) is 17.1 Å². The first-order valence-electron chi connectivity index (χ1n) is 18.1. The SMILES string of the molecule is COc1ccc(C(OC[C@H]2O[C@@H](n3ccc(NC(=O)c4ccccc4)nc3=O)C[C@@H]2O[P+](=O)Oc2c(Cl)cc(Cl)cc2Cl)(c2ccccc2)c2ccc(OC)cc2)cc1. The summed E-state index contributed by atoms with van der Waals surface area (Å²) in [5.41, 5.74) is 0.752. The second kappa shape index (κ2) is 18.7. The van der Waals surface area contributed by atoms with Crippen molar-refractivity contribution in [2.24, 2.45) is 0 Å². The van der Waals surface area contributed by atoms with Gasteiger partial charge in [0.25, 0.3) is 5.91 Å². The Balaban J connectivity index is 1.23. The van der Waals surface area contributed by atoms with Crippen molar-refractivity contribution in [2.45, 2.75) is 30.5 Å². The van der Waals surface area contributed by atoms with Crippen LogP contribution in [0.4, 0.5) is 5.82 Å². The number of ether oxygens (including phenoxy) is 4. The fourth-order valence-electron chi connectivity index (χ4n) is 6.72. The Hall–Kier alpha value is -5.30. The molecule has 1 aliphatic heterocycles. The van der Waals surface area contributed by atoms with Gasteiger partial charge < -0.3 is 24.3 Å². The molecule has 0 aliphatic carbocycles. The van der Waals surface area contributed by atoms with E-state index < -0.39 is 43.9 Å². The summed E-state index contributed by atoms with van der Waals surface area (Å²) in [7, 11) is 0.252. The summed E-state index contributed by atoms with van der Waals surface area (Å²) >= 11 is 18.7. The highest BCUT2D eigenvalue weighted by Gasteiger charge is 2.47. The van der Waals surface area contributed by atoms with Gasteiger partial charge in [-0.3, -0.25) is 9.36 Å². The smallest absolute Gasteiger partial charge is 0.497 e. The number of anilines is 1. The van der Waals surface area contributed by atoms with Crippen LogP contribution in [0.25, 0.3) is 0 Å². The molecule has 1 fully saturated rings. The van der Waals surface area contributed by atoms with Crippen LogP contribution in [-0.2, 0) is 24.2 Å². The van der Waals surface area contributed by atoms with Crippen LogP contribution in [0, 0.1) is 0 Å². The highest BCUT2D eigenvalue weighted by Crippen LogP contribution is 2.46. The zero-order chi connectivity index (χ0) is 41.5. The van der Waals surface area contributed by atoms with Gasteiger partial charge in [-0.15, -0.1) is 4.52 Å². The van der Waals surface area contributed by atoms with Gasteiger partial charge in [0.2, 0.25) is 5.75 Å². The Morgan fingerprint density at radius 1 is 0.831 bits per heavy atom. The maximum absolute atomic E-state index is 13.6. The second-order valence-electron chi connectivity index (χ2n) is 13.2. The molecule has 1 unspecified atom stereocenters. The Morgan fingerprint density at radius 2 is 1.39 bits per heavy atom. The number of nitrogens with zero attached hydrogens (tertiary/aromatic N) is 2. The number of methoxy groups -OCH3 is 2. The van der Waals surface area contributed by atoms with Gasteiger partial charge in [-0.05, 0) is 71.3 Å². The molecule has 0 bridgehead atoms. The molecule has 1 amide bonds. The molecular formula is C43H36Cl3N3O9P+. The largest absolute Gasteiger partial charge is 0.750 e. The van der Waals surface area contributed by atoms with E-state index in [9.17, 15) is 14.2 Å². The molecule has 302 valence electrons. The van der Waals surface area contributed by atoms with E-state index in [0.717, 1.165) is 16.7 Å². The maximum atomic E-state index is 13.6.